The summed E-state index contributed by atoms with van der Waals surface area (Å²) in [4.78, 5) is 8.42. The van der Waals surface area contributed by atoms with Gasteiger partial charge in [0.1, 0.15) is 3.70 Å². The molecule has 2 aromatic heterocycles. The molecule has 0 saturated heterocycles. The lowest BCUT2D eigenvalue weighted by molar-refractivity contribution is 1.21. The van der Waals surface area contributed by atoms with Gasteiger partial charge in [0, 0.05) is 28.9 Å². The van der Waals surface area contributed by atoms with E-state index in [-0.39, 0.29) is 0 Å². The van der Waals surface area contributed by atoms with E-state index in [9.17, 15) is 0 Å². The monoisotopic (exact) mass is 270 g/mol. The van der Waals surface area contributed by atoms with E-state index in [1.807, 2.05) is 31.5 Å². The smallest absolute Gasteiger partial charge is 0.102 e. The van der Waals surface area contributed by atoms with Gasteiger partial charge in [0.25, 0.3) is 0 Å². The summed E-state index contributed by atoms with van der Waals surface area (Å²) in [5, 5.41) is 2.31. The molecule has 0 spiro atoms. The summed E-state index contributed by atoms with van der Waals surface area (Å²) < 4.78 is 1.01. The zero-order chi connectivity index (χ0) is 8.55. The van der Waals surface area contributed by atoms with Crippen LogP contribution in [0, 0.1) is 10.6 Å². The maximum Gasteiger partial charge on any atom is 0.102 e. The van der Waals surface area contributed by atoms with Crippen LogP contribution < -0.4 is 0 Å². The quantitative estimate of drug-likeness (QED) is 0.543. The molecule has 2 heterocycles. The summed E-state index contributed by atoms with van der Waals surface area (Å²) in [7, 11) is 0. The molecule has 2 nitrogen and oxygen atoms in total. The average Bonchev–Trinajstić information content (AvgIpc) is 2.05. The summed E-state index contributed by atoms with van der Waals surface area (Å²) in [6, 6.07) is 4.07. The number of fused-ring (bicyclic) bond motifs is 1. The minimum Gasteiger partial charge on any atom is -0.261 e. The summed E-state index contributed by atoms with van der Waals surface area (Å²) in [6.07, 6.45) is 3.76. The van der Waals surface area contributed by atoms with Gasteiger partial charge in [-0.1, -0.05) is 0 Å². The minimum atomic E-state index is 1.01. The molecule has 0 bridgehead atoms. The largest absolute Gasteiger partial charge is 0.261 e. The van der Waals surface area contributed by atoms with Gasteiger partial charge in [-0.15, -0.1) is 0 Å². The highest BCUT2D eigenvalue weighted by molar-refractivity contribution is 14.1. The number of rotatable bonds is 0. The lowest BCUT2D eigenvalue weighted by Crippen LogP contribution is -1.84. The van der Waals surface area contributed by atoms with Crippen molar-refractivity contribution in [1.29, 1.82) is 0 Å². The first-order valence-corrected chi connectivity index (χ1v) is 4.71. The maximum atomic E-state index is 4.22. The summed E-state index contributed by atoms with van der Waals surface area (Å²) >= 11 is 2.20. The molecule has 0 N–H and O–H groups in total. The van der Waals surface area contributed by atoms with Gasteiger partial charge in [-0.2, -0.15) is 0 Å². The van der Waals surface area contributed by atoms with E-state index < -0.39 is 0 Å². The number of hydrogen-bond acceptors (Lipinski definition) is 2. The third kappa shape index (κ3) is 1.41. The second-order valence-corrected chi connectivity index (χ2v) is 3.79. The molecular formula is C9H7IN2. The minimum absolute atomic E-state index is 1.01. The topological polar surface area (TPSA) is 25.8 Å². The van der Waals surface area contributed by atoms with E-state index >= 15 is 0 Å². The highest BCUT2D eigenvalue weighted by Crippen LogP contribution is 2.14. The van der Waals surface area contributed by atoms with Crippen molar-refractivity contribution in [2.45, 2.75) is 6.92 Å². The Morgan fingerprint density at radius 3 is 2.58 bits per heavy atom. The number of aromatic nitrogens is 2. The van der Waals surface area contributed by atoms with Gasteiger partial charge in [0.2, 0.25) is 0 Å². The summed E-state index contributed by atoms with van der Waals surface area (Å²) in [5.74, 6) is 0. The predicted molar refractivity (Wildman–Crippen MR) is 57.0 cm³/mol. The van der Waals surface area contributed by atoms with Crippen LogP contribution in [0.25, 0.3) is 10.8 Å². The van der Waals surface area contributed by atoms with E-state index in [1.165, 1.54) is 0 Å². The van der Waals surface area contributed by atoms with Gasteiger partial charge in [-0.25, -0.2) is 4.98 Å². The van der Waals surface area contributed by atoms with E-state index in [4.69, 9.17) is 0 Å². The molecule has 0 fully saturated rings. The molecule has 0 aromatic carbocycles. The van der Waals surface area contributed by atoms with Crippen molar-refractivity contribution in [1.82, 2.24) is 9.97 Å². The van der Waals surface area contributed by atoms with Crippen LogP contribution in [0.2, 0.25) is 0 Å². The van der Waals surface area contributed by atoms with Crippen LogP contribution in [0.5, 0.6) is 0 Å². The zero-order valence-corrected chi connectivity index (χ0v) is 8.74. The SMILES string of the molecule is Cc1cc2cnc(I)cc2cn1. The molecule has 0 radical (unpaired) electrons. The van der Waals surface area contributed by atoms with Crippen LogP contribution in [0.15, 0.2) is 24.5 Å². The van der Waals surface area contributed by atoms with Crippen molar-refractivity contribution in [3.63, 3.8) is 0 Å². The Kier molecular flexibility index (Phi) is 1.96. The van der Waals surface area contributed by atoms with E-state index in [0.717, 1.165) is 20.2 Å². The third-order valence-electron chi connectivity index (χ3n) is 1.71. The average molecular weight is 270 g/mol. The van der Waals surface area contributed by atoms with Gasteiger partial charge < -0.3 is 0 Å². The second-order valence-electron chi connectivity index (χ2n) is 2.68. The third-order valence-corrected chi connectivity index (χ3v) is 2.30. The van der Waals surface area contributed by atoms with E-state index in [1.54, 1.807) is 0 Å². The standard InChI is InChI=1S/C9H7IN2/c1-6-2-7-5-12-9(10)3-8(7)4-11-6/h2-5H,1H3. The predicted octanol–water partition coefficient (Wildman–Crippen LogP) is 2.54. The van der Waals surface area contributed by atoms with Gasteiger partial charge in [0.15, 0.2) is 0 Å². The van der Waals surface area contributed by atoms with E-state index in [0.29, 0.717) is 0 Å². The molecular weight excluding hydrogens is 263 g/mol. The van der Waals surface area contributed by atoms with Gasteiger partial charge in [0.05, 0.1) is 0 Å². The van der Waals surface area contributed by atoms with Crippen molar-refractivity contribution in [3.8, 4) is 0 Å². The van der Waals surface area contributed by atoms with Gasteiger partial charge in [-0.3, -0.25) is 4.98 Å². The molecule has 0 saturated carbocycles. The highest BCUT2D eigenvalue weighted by atomic mass is 127. The number of halogens is 1. The number of nitrogens with zero attached hydrogens (tertiary/aromatic N) is 2. The number of pyridine rings is 2. The molecule has 60 valence electrons. The molecule has 3 heteroatoms. The van der Waals surface area contributed by atoms with Crippen molar-refractivity contribution in [2.24, 2.45) is 0 Å². The van der Waals surface area contributed by atoms with Crippen LogP contribution in [0.4, 0.5) is 0 Å². The molecule has 12 heavy (non-hydrogen) atoms. The van der Waals surface area contributed by atoms with Crippen molar-refractivity contribution >= 4 is 33.4 Å². The van der Waals surface area contributed by atoms with Crippen LogP contribution in [0.1, 0.15) is 5.69 Å². The normalized spacial score (nSPS) is 10.5. The Labute approximate surface area is 84.2 Å². The Balaban J connectivity index is 2.79. The second kappa shape index (κ2) is 2.97. The van der Waals surface area contributed by atoms with E-state index in [2.05, 4.69) is 32.6 Å². The van der Waals surface area contributed by atoms with Crippen molar-refractivity contribution < 1.29 is 0 Å². The fourth-order valence-electron chi connectivity index (χ4n) is 1.12. The molecule has 0 atom stereocenters. The van der Waals surface area contributed by atoms with Crippen LogP contribution in [0.3, 0.4) is 0 Å². The first-order chi connectivity index (χ1) is 5.75. The molecule has 2 rings (SSSR count). The van der Waals surface area contributed by atoms with Crippen molar-refractivity contribution in [2.75, 3.05) is 0 Å². The maximum absolute atomic E-state index is 4.22. The van der Waals surface area contributed by atoms with Crippen LogP contribution >= 0.6 is 22.6 Å². The molecule has 0 aliphatic carbocycles. The zero-order valence-electron chi connectivity index (χ0n) is 6.58. The van der Waals surface area contributed by atoms with Crippen LogP contribution in [-0.4, -0.2) is 9.97 Å². The molecule has 2 aromatic rings. The van der Waals surface area contributed by atoms with Crippen LogP contribution in [-0.2, 0) is 0 Å². The first kappa shape index (κ1) is 7.91. The Hall–Kier alpha value is -0.710. The molecule has 0 amide bonds. The lowest BCUT2D eigenvalue weighted by Gasteiger charge is -1.97. The Morgan fingerprint density at radius 1 is 1.08 bits per heavy atom. The lowest BCUT2D eigenvalue weighted by atomic mass is 10.2. The van der Waals surface area contributed by atoms with Gasteiger partial charge in [-0.05, 0) is 41.6 Å². The summed E-state index contributed by atoms with van der Waals surface area (Å²) in [6.45, 7) is 1.98. The highest BCUT2D eigenvalue weighted by Gasteiger charge is 1.95. The van der Waals surface area contributed by atoms with Crippen molar-refractivity contribution in [3.05, 3.63) is 33.9 Å². The summed E-state index contributed by atoms with van der Waals surface area (Å²) in [5.41, 5.74) is 1.03. The first-order valence-electron chi connectivity index (χ1n) is 3.63. The molecule has 0 unspecified atom stereocenters. The fourth-order valence-corrected chi connectivity index (χ4v) is 1.60. The number of aryl methyl sites for hydroxylation is 1. The Morgan fingerprint density at radius 2 is 1.75 bits per heavy atom. The fraction of sp³-hybridized carbons (Fsp3) is 0.111. The molecule has 0 aliphatic heterocycles. The Bertz CT molecular complexity index is 385. The number of hydrogen-bond donors (Lipinski definition) is 0. The molecule has 0 aliphatic rings. The van der Waals surface area contributed by atoms with Gasteiger partial charge >= 0.3 is 0 Å².